The van der Waals surface area contributed by atoms with E-state index in [0.29, 0.717) is 6.42 Å². The molecule has 0 bridgehead atoms. The van der Waals surface area contributed by atoms with Gasteiger partial charge in [-0.3, -0.25) is 0 Å². The van der Waals surface area contributed by atoms with Gasteiger partial charge in [0.1, 0.15) is 10.8 Å². The maximum Gasteiger partial charge on any atom is 0.129 e. The number of hydrogen-bond acceptors (Lipinski definition) is 6. The molecule has 1 atom stereocenters. The van der Waals surface area contributed by atoms with Crippen LogP contribution in [0.5, 0.6) is 0 Å². The smallest absolute Gasteiger partial charge is 0.129 e. The van der Waals surface area contributed by atoms with Crippen molar-refractivity contribution in [3.8, 4) is 10.6 Å². The van der Waals surface area contributed by atoms with Crippen molar-refractivity contribution in [3.05, 3.63) is 41.4 Å². The molecule has 0 spiro atoms. The number of aliphatic hydroxyl groups is 1. The molecule has 28 heavy (non-hydrogen) atoms. The summed E-state index contributed by atoms with van der Waals surface area (Å²) in [5.41, 5.74) is 2.76. The third-order valence-electron chi connectivity index (χ3n) is 5.75. The van der Waals surface area contributed by atoms with Crippen molar-refractivity contribution in [2.45, 2.75) is 36.3 Å². The number of thioether (sulfide) groups is 1. The van der Waals surface area contributed by atoms with Crippen molar-refractivity contribution in [1.82, 2.24) is 9.88 Å². The molecule has 5 nitrogen and oxygen atoms in total. The zero-order chi connectivity index (χ0) is 19.6. The zero-order valence-corrected chi connectivity index (χ0v) is 17.8. The van der Waals surface area contributed by atoms with Crippen molar-refractivity contribution in [1.29, 1.82) is 0 Å². The highest BCUT2D eigenvalue weighted by atomic mass is 32.2. The van der Waals surface area contributed by atoms with Gasteiger partial charge in [0.05, 0.1) is 6.61 Å². The Morgan fingerprint density at radius 2 is 2.07 bits per heavy atom. The average Bonchev–Trinajstić information content (AvgIpc) is 3.32. The van der Waals surface area contributed by atoms with Crippen LogP contribution >= 0.6 is 23.1 Å². The lowest BCUT2D eigenvalue weighted by Gasteiger charge is -2.30. The van der Waals surface area contributed by atoms with Crippen molar-refractivity contribution < 1.29 is 5.11 Å². The fourth-order valence-electron chi connectivity index (χ4n) is 3.87. The Bertz CT molecular complexity index is 846. The first-order chi connectivity index (χ1) is 13.6. The molecule has 0 amide bonds. The van der Waals surface area contributed by atoms with Crippen molar-refractivity contribution in [2.75, 3.05) is 25.4 Å². The van der Waals surface area contributed by atoms with E-state index in [-0.39, 0.29) is 16.8 Å². The molecular formula is C21H26N4OS2. The fourth-order valence-corrected chi connectivity index (χ4v) is 5.64. The molecule has 1 aromatic heterocycles. The molecule has 148 valence electrons. The van der Waals surface area contributed by atoms with Crippen LogP contribution in [0.2, 0.25) is 0 Å². The molecular weight excluding hydrogens is 388 g/mol. The topological polar surface area (TPSA) is 61.1 Å². The minimum atomic E-state index is -0.204. The first kappa shape index (κ1) is 19.6. The normalized spacial score (nSPS) is 25.5. The molecule has 2 heterocycles. The van der Waals surface area contributed by atoms with Gasteiger partial charge in [0.2, 0.25) is 0 Å². The largest absolute Gasteiger partial charge is 0.395 e. The van der Waals surface area contributed by atoms with Crippen LogP contribution in [0.3, 0.4) is 0 Å². The predicted molar refractivity (Wildman–Crippen MR) is 120 cm³/mol. The second-order valence-corrected chi connectivity index (χ2v) is 10.5. The summed E-state index contributed by atoms with van der Waals surface area (Å²) in [5.74, 6) is 1.92. The fraction of sp³-hybridized carbons (Fsp3) is 0.476. The van der Waals surface area contributed by atoms with Crippen LogP contribution in [0.4, 0.5) is 0 Å². The van der Waals surface area contributed by atoms with Crippen molar-refractivity contribution >= 4 is 35.7 Å². The molecule has 2 aromatic rings. The molecule has 1 aliphatic carbocycles. The number of aromatic nitrogens is 1. The lowest BCUT2D eigenvalue weighted by Crippen LogP contribution is -2.40. The Morgan fingerprint density at radius 1 is 1.29 bits per heavy atom. The molecule has 7 heteroatoms. The molecule has 1 N–H and O–H groups in total. The van der Waals surface area contributed by atoms with Gasteiger partial charge in [-0.05, 0) is 25.3 Å². The predicted octanol–water partition coefficient (Wildman–Crippen LogP) is 4.05. The summed E-state index contributed by atoms with van der Waals surface area (Å²) < 4.78 is -0.204. The maximum absolute atomic E-state index is 9.83. The highest BCUT2D eigenvalue weighted by Crippen LogP contribution is 2.49. The van der Waals surface area contributed by atoms with Crippen LogP contribution in [0.1, 0.15) is 31.7 Å². The van der Waals surface area contributed by atoms with Crippen LogP contribution in [0.15, 0.2) is 46.0 Å². The molecule has 2 fully saturated rings. The summed E-state index contributed by atoms with van der Waals surface area (Å²) in [5, 5.41) is 21.1. The molecule has 2 aliphatic rings. The van der Waals surface area contributed by atoms with Crippen molar-refractivity contribution in [2.24, 2.45) is 10.2 Å². The molecule has 1 saturated carbocycles. The Labute approximate surface area is 174 Å². The number of rotatable bonds is 6. The Morgan fingerprint density at radius 3 is 2.68 bits per heavy atom. The third kappa shape index (κ3) is 4.02. The standard InChI is InChI=1S/C21H26N4OS2/c1-20(15-26)13-18(24-22-2)25(10-12-28-20)14-21(7-8-21)17-5-3-16(4-6-17)19-23-9-11-27-19/h3-6,9,11,26H,2,7-8,10,12-15H2,1H3/b24-18-. The maximum atomic E-state index is 9.83. The molecule has 4 rings (SSSR count). The summed E-state index contributed by atoms with van der Waals surface area (Å²) in [7, 11) is 0. The van der Waals surface area contributed by atoms with Gasteiger partial charge in [-0.2, -0.15) is 16.9 Å². The van der Waals surface area contributed by atoms with Crippen LogP contribution in [-0.4, -0.2) is 57.7 Å². The second-order valence-electron chi connectivity index (χ2n) is 7.91. The zero-order valence-electron chi connectivity index (χ0n) is 16.2. The van der Waals surface area contributed by atoms with E-state index in [1.165, 1.54) is 24.0 Å². The van der Waals surface area contributed by atoms with Crippen LogP contribution < -0.4 is 0 Å². The van der Waals surface area contributed by atoms with Gasteiger partial charge >= 0.3 is 0 Å². The molecule has 0 radical (unpaired) electrons. The number of hydrogen-bond donors (Lipinski definition) is 1. The Balaban J connectivity index is 1.53. The van der Waals surface area contributed by atoms with E-state index in [1.807, 2.05) is 23.3 Å². The highest BCUT2D eigenvalue weighted by Gasteiger charge is 2.46. The highest BCUT2D eigenvalue weighted by molar-refractivity contribution is 8.00. The quantitative estimate of drug-likeness (QED) is 0.572. The number of aliphatic hydroxyl groups excluding tert-OH is 1. The second kappa shape index (κ2) is 7.97. The number of benzene rings is 1. The van der Waals surface area contributed by atoms with Gasteiger partial charge in [-0.1, -0.05) is 24.3 Å². The molecule has 1 unspecified atom stereocenters. The van der Waals surface area contributed by atoms with Crippen LogP contribution in [0, 0.1) is 0 Å². The van der Waals surface area contributed by atoms with Crippen LogP contribution in [-0.2, 0) is 5.41 Å². The van der Waals surface area contributed by atoms with E-state index in [4.69, 9.17) is 0 Å². The van der Waals surface area contributed by atoms with E-state index in [0.717, 1.165) is 29.7 Å². The number of nitrogens with zero attached hydrogens (tertiary/aromatic N) is 4. The van der Waals surface area contributed by atoms with Gasteiger partial charge in [-0.15, -0.1) is 16.4 Å². The third-order valence-corrected chi connectivity index (χ3v) is 7.93. The van der Waals surface area contributed by atoms with E-state index < -0.39 is 0 Å². The molecule has 1 aliphatic heterocycles. The summed E-state index contributed by atoms with van der Waals surface area (Å²) in [6.07, 6.45) is 4.95. The van der Waals surface area contributed by atoms with Crippen molar-refractivity contribution in [3.63, 3.8) is 0 Å². The van der Waals surface area contributed by atoms with Crippen LogP contribution in [0.25, 0.3) is 10.6 Å². The Hall–Kier alpha value is -1.70. The van der Waals surface area contributed by atoms with E-state index in [2.05, 4.69) is 58.0 Å². The van der Waals surface area contributed by atoms with E-state index in [1.54, 1.807) is 11.3 Å². The minimum absolute atomic E-state index is 0.144. The SMILES string of the molecule is C=N/N=C1/CC(C)(CO)SCCN1CC1(c2ccc(-c3nccs3)cc2)CC1. The first-order valence-electron chi connectivity index (χ1n) is 9.60. The summed E-state index contributed by atoms with van der Waals surface area (Å²) in [6.45, 7) is 7.67. The average molecular weight is 415 g/mol. The lowest BCUT2D eigenvalue weighted by molar-refractivity contribution is 0.257. The summed E-state index contributed by atoms with van der Waals surface area (Å²) in [4.78, 5) is 6.77. The summed E-state index contributed by atoms with van der Waals surface area (Å²) in [6, 6.07) is 8.90. The number of amidine groups is 1. The van der Waals surface area contributed by atoms with E-state index in [9.17, 15) is 5.11 Å². The van der Waals surface area contributed by atoms with E-state index >= 15 is 0 Å². The van der Waals surface area contributed by atoms with Gasteiger partial charge in [-0.25, -0.2) is 4.98 Å². The molecule has 1 aromatic carbocycles. The van der Waals surface area contributed by atoms with Gasteiger partial charge in [0.25, 0.3) is 0 Å². The first-order valence-corrected chi connectivity index (χ1v) is 11.5. The van der Waals surface area contributed by atoms with Gasteiger partial charge < -0.3 is 10.0 Å². The monoisotopic (exact) mass is 414 g/mol. The lowest BCUT2D eigenvalue weighted by atomic mass is 9.94. The number of thiazole rings is 1. The van der Waals surface area contributed by atoms with Gasteiger partial charge in [0.15, 0.2) is 0 Å². The van der Waals surface area contributed by atoms with Gasteiger partial charge in [0, 0.05) is 59.3 Å². The Kier molecular flexibility index (Phi) is 5.58. The minimum Gasteiger partial charge on any atom is -0.395 e. The molecule has 1 saturated heterocycles. The summed E-state index contributed by atoms with van der Waals surface area (Å²) >= 11 is 3.49.